The summed E-state index contributed by atoms with van der Waals surface area (Å²) in [7, 11) is -3.82. The second-order valence-corrected chi connectivity index (χ2v) is 13.2. The van der Waals surface area contributed by atoms with Crippen molar-refractivity contribution in [3.05, 3.63) is 57.9 Å². The fourth-order valence-electron chi connectivity index (χ4n) is 5.80. The average Bonchev–Trinajstić information content (AvgIpc) is 3.57. The summed E-state index contributed by atoms with van der Waals surface area (Å²) in [5.74, 6) is -0.883. The van der Waals surface area contributed by atoms with Crippen LogP contribution in [0.15, 0.2) is 33.5 Å². The lowest BCUT2D eigenvalue weighted by Gasteiger charge is -2.24. The van der Waals surface area contributed by atoms with Crippen LogP contribution in [0.25, 0.3) is 0 Å². The summed E-state index contributed by atoms with van der Waals surface area (Å²) < 4.78 is 37.5. The van der Waals surface area contributed by atoms with Crippen molar-refractivity contribution in [1.29, 1.82) is 0 Å². The molecule has 10 heteroatoms. The van der Waals surface area contributed by atoms with E-state index in [1.807, 2.05) is 0 Å². The second-order valence-electron chi connectivity index (χ2n) is 11.4. The number of hydrogen-bond donors (Lipinski definition) is 2. The first kappa shape index (κ1) is 26.6. The predicted octanol–water partition coefficient (Wildman–Crippen LogP) is 5.46. The Hall–Kier alpha value is -2.98. The number of benzene rings is 2. The number of rotatable bonds is 3. The maximum Gasteiger partial charge on any atom is 0.410 e. The Morgan fingerprint density at radius 1 is 1.11 bits per heavy atom. The monoisotopic (exact) mass is 542 g/mol. The molecule has 1 heterocycles. The Balaban J connectivity index is 1.32. The van der Waals surface area contributed by atoms with Crippen molar-refractivity contribution in [2.75, 3.05) is 18.4 Å². The van der Waals surface area contributed by atoms with Crippen LogP contribution in [0, 0.1) is 5.82 Å². The summed E-state index contributed by atoms with van der Waals surface area (Å²) in [6.07, 6.45) is 6.00. The summed E-state index contributed by atoms with van der Waals surface area (Å²) in [5, 5.41) is 8.77. The van der Waals surface area contributed by atoms with Crippen molar-refractivity contribution >= 4 is 27.7 Å². The highest BCUT2D eigenvalue weighted by Crippen LogP contribution is 2.39. The van der Waals surface area contributed by atoms with Gasteiger partial charge in [0, 0.05) is 24.7 Å². The topological polar surface area (TPSA) is 114 Å². The molecule has 3 N–H and O–H groups in total. The highest BCUT2D eigenvalue weighted by atomic mass is 32.2. The minimum absolute atomic E-state index is 0.0950. The molecule has 38 heavy (non-hydrogen) atoms. The van der Waals surface area contributed by atoms with E-state index in [0.717, 1.165) is 55.3 Å². The average molecular weight is 543 g/mol. The number of likely N-dealkylation sites (tertiary alicyclic amines) is 1. The number of aryl methyl sites for hydroxylation is 2. The van der Waals surface area contributed by atoms with Crippen molar-refractivity contribution in [3.63, 3.8) is 0 Å². The van der Waals surface area contributed by atoms with E-state index in [-0.39, 0.29) is 10.8 Å². The molecule has 0 saturated carbocycles. The molecular weight excluding hydrogens is 507 g/mol. The van der Waals surface area contributed by atoms with Crippen LogP contribution in [0.3, 0.4) is 0 Å². The van der Waals surface area contributed by atoms with E-state index in [1.54, 1.807) is 31.7 Å². The molecule has 1 fully saturated rings. The lowest BCUT2D eigenvalue weighted by Crippen LogP contribution is -2.35. The molecule has 0 spiro atoms. The summed E-state index contributed by atoms with van der Waals surface area (Å²) in [4.78, 5) is 26.5. The Kier molecular flexibility index (Phi) is 6.98. The zero-order chi connectivity index (χ0) is 27.2. The number of halogens is 1. The van der Waals surface area contributed by atoms with Gasteiger partial charge in [0.15, 0.2) is 0 Å². The minimum atomic E-state index is -3.82. The van der Waals surface area contributed by atoms with Crippen molar-refractivity contribution in [2.24, 2.45) is 9.50 Å². The zero-order valence-corrected chi connectivity index (χ0v) is 23.0. The number of nitrogens with two attached hydrogens (primary N) is 1. The van der Waals surface area contributed by atoms with Crippen molar-refractivity contribution in [1.82, 2.24) is 4.90 Å². The molecule has 5 rings (SSSR count). The van der Waals surface area contributed by atoms with Crippen LogP contribution in [-0.4, -0.2) is 39.9 Å². The lowest BCUT2D eigenvalue weighted by atomic mass is 9.98. The van der Waals surface area contributed by atoms with E-state index >= 15 is 4.39 Å². The molecule has 1 unspecified atom stereocenters. The third-order valence-electron chi connectivity index (χ3n) is 7.51. The smallest absolute Gasteiger partial charge is 0.410 e. The van der Waals surface area contributed by atoms with E-state index in [4.69, 9.17) is 9.88 Å². The third kappa shape index (κ3) is 5.42. The molecule has 2 aromatic rings. The van der Waals surface area contributed by atoms with Crippen molar-refractivity contribution < 1.29 is 22.9 Å². The van der Waals surface area contributed by atoms with Gasteiger partial charge in [0.2, 0.25) is 0 Å². The number of amides is 3. The standard InChI is InChI=1S/C28H35FN4O4S/c1-28(2,3)37-27(35)33-13-12-20(16-33)17-10-11-24(23(29)15-17)38(30,36)32-26(34)31-25-21-8-4-6-18(21)14-19-7-5-9-22(19)25/h10-11,14-15,20H,4-9,12-13,16H2,1-3H3,(H3,30,31,32,34,36)/t20?,38-/m0/s1. The predicted molar refractivity (Wildman–Crippen MR) is 144 cm³/mol. The van der Waals surface area contributed by atoms with Gasteiger partial charge >= 0.3 is 12.1 Å². The lowest BCUT2D eigenvalue weighted by molar-refractivity contribution is 0.0292. The van der Waals surface area contributed by atoms with Gasteiger partial charge in [0.1, 0.15) is 21.3 Å². The molecule has 2 aromatic carbocycles. The molecule has 1 saturated heterocycles. The maximum absolute atomic E-state index is 15.2. The van der Waals surface area contributed by atoms with Crippen LogP contribution in [0.2, 0.25) is 0 Å². The summed E-state index contributed by atoms with van der Waals surface area (Å²) in [5.41, 5.74) is 5.55. The number of ether oxygens (including phenoxy) is 1. The Labute approximate surface area is 223 Å². The molecule has 204 valence electrons. The summed E-state index contributed by atoms with van der Waals surface area (Å²) >= 11 is 0. The van der Waals surface area contributed by atoms with Crippen LogP contribution in [0.4, 0.5) is 19.7 Å². The largest absolute Gasteiger partial charge is 0.444 e. The minimum Gasteiger partial charge on any atom is -0.444 e. The second kappa shape index (κ2) is 9.96. The number of fused-ring (bicyclic) bond motifs is 2. The summed E-state index contributed by atoms with van der Waals surface area (Å²) in [6, 6.07) is 5.66. The first-order chi connectivity index (χ1) is 17.9. The van der Waals surface area contributed by atoms with Gasteiger partial charge in [-0.25, -0.2) is 23.3 Å². The number of hydrogen-bond acceptors (Lipinski definition) is 4. The molecule has 2 aliphatic carbocycles. The van der Waals surface area contributed by atoms with Gasteiger partial charge in [-0.1, -0.05) is 12.1 Å². The number of carbonyl (C=O) groups excluding carboxylic acids is 2. The van der Waals surface area contributed by atoms with E-state index in [2.05, 4.69) is 15.7 Å². The number of nitrogens with zero attached hydrogens (tertiary/aromatic N) is 2. The van der Waals surface area contributed by atoms with Crippen LogP contribution in [0.5, 0.6) is 0 Å². The van der Waals surface area contributed by atoms with Crippen molar-refractivity contribution in [3.8, 4) is 0 Å². The molecule has 3 aliphatic rings. The number of carbonyl (C=O) groups is 2. The molecule has 0 bridgehead atoms. The van der Waals surface area contributed by atoms with E-state index < -0.39 is 33.5 Å². The number of urea groups is 1. The highest BCUT2D eigenvalue weighted by Gasteiger charge is 2.31. The van der Waals surface area contributed by atoms with Gasteiger partial charge in [-0.2, -0.15) is 0 Å². The molecular formula is C28H35FN4O4S. The van der Waals surface area contributed by atoms with Crippen LogP contribution >= 0.6 is 0 Å². The van der Waals surface area contributed by atoms with Gasteiger partial charge in [-0.15, -0.1) is 4.36 Å². The number of nitrogens with one attached hydrogen (secondary N) is 1. The molecule has 3 amide bonds. The SMILES string of the molecule is CC(C)(C)OC(=O)N1CCC(c2ccc([S@@](N)(=O)=NC(=O)Nc3c4c(cc5c3CCC5)CCC4)c(F)c2)C1. The quantitative estimate of drug-likeness (QED) is 0.536. The molecule has 1 aliphatic heterocycles. The van der Waals surface area contributed by atoms with Crippen LogP contribution in [-0.2, 0) is 40.3 Å². The molecule has 2 atom stereocenters. The fraction of sp³-hybridized carbons (Fsp3) is 0.500. The van der Waals surface area contributed by atoms with Gasteiger partial charge in [-0.05, 0) is 106 Å². The van der Waals surface area contributed by atoms with E-state index in [9.17, 15) is 13.8 Å². The van der Waals surface area contributed by atoms with Gasteiger partial charge < -0.3 is 15.0 Å². The fourth-order valence-corrected chi connectivity index (χ4v) is 6.79. The Morgan fingerprint density at radius 2 is 1.76 bits per heavy atom. The van der Waals surface area contributed by atoms with Gasteiger partial charge in [0.25, 0.3) is 0 Å². The van der Waals surface area contributed by atoms with Crippen LogP contribution < -0.4 is 10.5 Å². The third-order valence-corrected chi connectivity index (χ3v) is 8.90. The first-order valence-electron chi connectivity index (χ1n) is 13.2. The van der Waals surface area contributed by atoms with Crippen LogP contribution in [0.1, 0.15) is 73.8 Å². The Morgan fingerprint density at radius 3 is 2.37 bits per heavy atom. The summed E-state index contributed by atoms with van der Waals surface area (Å²) in [6.45, 7) is 6.31. The Bertz CT molecular complexity index is 1390. The van der Waals surface area contributed by atoms with Gasteiger partial charge in [0.05, 0.1) is 4.90 Å². The van der Waals surface area contributed by atoms with E-state index in [1.165, 1.54) is 23.3 Å². The molecule has 8 nitrogen and oxygen atoms in total. The van der Waals surface area contributed by atoms with Crippen molar-refractivity contribution in [2.45, 2.75) is 82.1 Å². The number of anilines is 1. The molecule has 0 radical (unpaired) electrons. The maximum atomic E-state index is 15.2. The highest BCUT2D eigenvalue weighted by molar-refractivity contribution is 7.91. The normalized spacial score (nSPS) is 20.0. The zero-order valence-electron chi connectivity index (χ0n) is 22.1. The van der Waals surface area contributed by atoms with Gasteiger partial charge in [-0.3, -0.25) is 0 Å². The first-order valence-corrected chi connectivity index (χ1v) is 14.8. The van der Waals surface area contributed by atoms with E-state index in [0.29, 0.717) is 25.1 Å². The molecule has 0 aromatic heterocycles.